The lowest BCUT2D eigenvalue weighted by Crippen LogP contribution is -2.46. The van der Waals surface area contributed by atoms with E-state index in [0.717, 1.165) is 0 Å². The summed E-state index contributed by atoms with van der Waals surface area (Å²) in [6.45, 7) is -1.36. The predicted octanol–water partition coefficient (Wildman–Crippen LogP) is -3.22. The van der Waals surface area contributed by atoms with Crippen molar-refractivity contribution in [2.24, 2.45) is 0 Å². The molecule has 0 saturated carbocycles. The maximum atomic E-state index is 9.25. The van der Waals surface area contributed by atoms with Crippen molar-refractivity contribution in [1.82, 2.24) is 0 Å². The van der Waals surface area contributed by atoms with Gasteiger partial charge in [0.05, 0.1) is 13.2 Å². The highest BCUT2D eigenvalue weighted by molar-refractivity contribution is 4.94. The second-order valence-corrected chi connectivity index (χ2v) is 2.78. The Morgan fingerprint density at radius 2 is 1.83 bits per heavy atom. The van der Waals surface area contributed by atoms with Gasteiger partial charge in [0.2, 0.25) is 5.79 Å². The first-order chi connectivity index (χ1) is 5.55. The van der Waals surface area contributed by atoms with Crippen molar-refractivity contribution in [2.45, 2.75) is 24.1 Å². The van der Waals surface area contributed by atoms with E-state index < -0.39 is 37.3 Å². The maximum absolute atomic E-state index is 9.25. The lowest BCUT2D eigenvalue weighted by molar-refractivity contribution is -0.248. The quantitative estimate of drug-likeness (QED) is 0.306. The fourth-order valence-corrected chi connectivity index (χ4v) is 1.15. The van der Waals surface area contributed by atoms with Crippen LogP contribution in [0.1, 0.15) is 0 Å². The van der Waals surface area contributed by atoms with Crippen LogP contribution in [0.5, 0.6) is 0 Å². The summed E-state index contributed by atoms with van der Waals surface area (Å²) in [4.78, 5) is 0. The van der Waals surface area contributed by atoms with Gasteiger partial charge in [0.25, 0.3) is 0 Å². The molecule has 6 nitrogen and oxygen atoms in total. The van der Waals surface area contributed by atoms with Crippen LogP contribution in [0.2, 0.25) is 0 Å². The van der Waals surface area contributed by atoms with Gasteiger partial charge in [0, 0.05) is 0 Å². The van der Waals surface area contributed by atoms with Crippen LogP contribution in [-0.2, 0) is 4.74 Å². The molecule has 0 aromatic carbocycles. The molecule has 0 bridgehead atoms. The average molecular weight is 180 g/mol. The molecule has 0 aromatic rings. The summed E-state index contributed by atoms with van der Waals surface area (Å²) in [5.74, 6) is -2.16. The molecule has 0 radical (unpaired) electrons. The topological polar surface area (TPSA) is 110 Å². The second-order valence-electron chi connectivity index (χ2n) is 2.78. The predicted molar refractivity (Wildman–Crippen MR) is 36.0 cm³/mol. The zero-order chi connectivity index (χ0) is 9.35. The molecule has 0 spiro atoms. The van der Waals surface area contributed by atoms with Crippen molar-refractivity contribution in [3.8, 4) is 0 Å². The smallest absolute Gasteiger partial charge is 0.219 e. The molecule has 1 rings (SSSR count). The monoisotopic (exact) mass is 180 g/mol. The molecule has 0 amide bonds. The minimum absolute atomic E-state index is 0.527. The zero-order valence-corrected chi connectivity index (χ0v) is 6.29. The maximum Gasteiger partial charge on any atom is 0.219 e. The number of hydrogen-bond acceptors (Lipinski definition) is 6. The summed E-state index contributed by atoms with van der Waals surface area (Å²) in [5, 5.41) is 44.7. The highest BCUT2D eigenvalue weighted by Gasteiger charge is 2.52. The molecule has 6 heteroatoms. The van der Waals surface area contributed by atoms with Crippen molar-refractivity contribution in [3.05, 3.63) is 0 Å². The van der Waals surface area contributed by atoms with Crippen LogP contribution >= 0.6 is 0 Å². The number of ether oxygens (including phenoxy) is 1. The average Bonchev–Trinajstić information content (AvgIpc) is 2.31. The van der Waals surface area contributed by atoms with E-state index in [1.165, 1.54) is 0 Å². The highest BCUT2D eigenvalue weighted by Crippen LogP contribution is 2.28. The van der Waals surface area contributed by atoms with E-state index in [-0.39, 0.29) is 0 Å². The molecule has 0 aliphatic carbocycles. The van der Waals surface area contributed by atoms with Crippen molar-refractivity contribution < 1.29 is 30.3 Å². The molecule has 4 atom stereocenters. The largest absolute Gasteiger partial charge is 0.394 e. The first-order valence-electron chi connectivity index (χ1n) is 3.53. The molecular weight excluding hydrogens is 168 g/mol. The summed E-state index contributed by atoms with van der Waals surface area (Å²) in [6.07, 6.45) is -4.04. The van der Waals surface area contributed by atoms with Crippen LogP contribution in [0.4, 0.5) is 0 Å². The number of aliphatic hydroxyl groups excluding tert-OH is 4. The van der Waals surface area contributed by atoms with Gasteiger partial charge >= 0.3 is 0 Å². The lowest BCUT2D eigenvalue weighted by Gasteiger charge is -2.22. The summed E-state index contributed by atoms with van der Waals surface area (Å²) < 4.78 is 4.63. The highest BCUT2D eigenvalue weighted by atomic mass is 16.7. The minimum Gasteiger partial charge on any atom is -0.394 e. The molecular formula is C6H12O6. The molecule has 1 aliphatic heterocycles. The van der Waals surface area contributed by atoms with Crippen LogP contribution in [0, 0.1) is 0 Å². The Labute approximate surface area is 68.6 Å². The summed E-state index contributed by atoms with van der Waals surface area (Å²) >= 11 is 0. The van der Waals surface area contributed by atoms with Gasteiger partial charge in [-0.15, -0.1) is 0 Å². The molecule has 5 N–H and O–H groups in total. The molecule has 1 heterocycles. The summed E-state index contributed by atoms with van der Waals surface area (Å²) in [6, 6.07) is 0. The van der Waals surface area contributed by atoms with Crippen LogP contribution in [-0.4, -0.2) is 62.8 Å². The van der Waals surface area contributed by atoms with Gasteiger partial charge in [-0.3, -0.25) is 0 Å². The Hall–Kier alpha value is -0.240. The molecule has 1 fully saturated rings. The fraction of sp³-hybridized carbons (Fsp3) is 1.00. The Morgan fingerprint density at radius 3 is 2.08 bits per heavy atom. The molecule has 72 valence electrons. The van der Waals surface area contributed by atoms with Gasteiger partial charge in [0.15, 0.2) is 0 Å². The molecule has 12 heavy (non-hydrogen) atoms. The minimum atomic E-state index is -2.16. The van der Waals surface area contributed by atoms with Crippen molar-refractivity contribution >= 4 is 0 Å². The van der Waals surface area contributed by atoms with Crippen LogP contribution < -0.4 is 0 Å². The SMILES string of the molecule is OCC1O[C@@](O)(CO)[C@@H](O)[C@@H]1O. The van der Waals surface area contributed by atoms with Crippen molar-refractivity contribution in [1.29, 1.82) is 0 Å². The number of hydrogen-bond donors (Lipinski definition) is 5. The Morgan fingerprint density at radius 1 is 1.25 bits per heavy atom. The van der Waals surface area contributed by atoms with Gasteiger partial charge in [-0.2, -0.15) is 0 Å². The fourth-order valence-electron chi connectivity index (χ4n) is 1.15. The van der Waals surface area contributed by atoms with Crippen molar-refractivity contribution in [2.75, 3.05) is 13.2 Å². The van der Waals surface area contributed by atoms with E-state index in [4.69, 9.17) is 20.4 Å². The molecule has 1 unspecified atom stereocenters. The molecule has 1 saturated heterocycles. The summed E-state index contributed by atoms with van der Waals surface area (Å²) in [7, 11) is 0. The van der Waals surface area contributed by atoms with E-state index in [2.05, 4.69) is 4.74 Å². The first-order valence-corrected chi connectivity index (χ1v) is 3.53. The second kappa shape index (κ2) is 3.25. The van der Waals surface area contributed by atoms with Gasteiger partial charge in [-0.1, -0.05) is 0 Å². The van der Waals surface area contributed by atoms with Gasteiger partial charge in [-0.25, -0.2) is 0 Å². The standard InChI is InChI=1S/C6H12O6/c7-1-3-4(9)5(10)6(11,2-8)12-3/h3-5,7-11H,1-2H2/t3?,4-,5+,6+/m1/s1. The molecule has 1 aliphatic rings. The third-order valence-electron chi connectivity index (χ3n) is 1.93. The van der Waals surface area contributed by atoms with Gasteiger partial charge < -0.3 is 30.3 Å². The number of rotatable bonds is 2. The van der Waals surface area contributed by atoms with Crippen LogP contribution in [0.15, 0.2) is 0 Å². The third-order valence-corrected chi connectivity index (χ3v) is 1.93. The lowest BCUT2D eigenvalue weighted by atomic mass is 10.1. The summed E-state index contributed by atoms with van der Waals surface area (Å²) in [5.41, 5.74) is 0. The number of aliphatic hydroxyl groups is 5. The first kappa shape index (κ1) is 9.85. The Balaban J connectivity index is 2.72. The van der Waals surface area contributed by atoms with E-state index >= 15 is 0 Å². The van der Waals surface area contributed by atoms with E-state index in [9.17, 15) is 5.11 Å². The van der Waals surface area contributed by atoms with Gasteiger partial charge in [0.1, 0.15) is 18.3 Å². The van der Waals surface area contributed by atoms with Gasteiger partial charge in [-0.05, 0) is 0 Å². The van der Waals surface area contributed by atoms with Crippen LogP contribution in [0.25, 0.3) is 0 Å². The van der Waals surface area contributed by atoms with Crippen molar-refractivity contribution in [3.63, 3.8) is 0 Å². The Bertz CT molecular complexity index is 162. The normalized spacial score (nSPS) is 48.2. The van der Waals surface area contributed by atoms with E-state index in [1.54, 1.807) is 0 Å². The third kappa shape index (κ3) is 1.33. The molecule has 0 aromatic heterocycles. The van der Waals surface area contributed by atoms with E-state index in [0.29, 0.717) is 0 Å². The Kier molecular flexibility index (Phi) is 2.67. The van der Waals surface area contributed by atoms with Crippen LogP contribution in [0.3, 0.4) is 0 Å². The van der Waals surface area contributed by atoms with E-state index in [1.807, 2.05) is 0 Å². The zero-order valence-electron chi connectivity index (χ0n) is 6.29.